The first-order chi connectivity index (χ1) is 18.8. The number of methoxy groups -OCH3 is 1. The third-order valence-electron chi connectivity index (χ3n) is 6.56. The zero-order chi connectivity index (χ0) is 27.3. The average molecular weight is 527 g/mol. The highest BCUT2D eigenvalue weighted by molar-refractivity contribution is 5.97. The van der Waals surface area contributed by atoms with Gasteiger partial charge in [0, 0.05) is 18.3 Å². The monoisotopic (exact) mass is 526 g/mol. The molecule has 10 nitrogen and oxygen atoms in total. The second-order valence-electron chi connectivity index (χ2n) is 9.43. The van der Waals surface area contributed by atoms with Crippen LogP contribution < -0.4 is 19.1 Å². The lowest BCUT2D eigenvalue weighted by Crippen LogP contribution is -2.38. The third kappa shape index (κ3) is 4.43. The van der Waals surface area contributed by atoms with Crippen molar-refractivity contribution >= 4 is 33.8 Å². The van der Waals surface area contributed by atoms with Gasteiger partial charge in [0.2, 0.25) is 5.88 Å². The van der Waals surface area contributed by atoms with E-state index in [0.29, 0.717) is 45.4 Å². The molecule has 1 amide bonds. The van der Waals surface area contributed by atoms with Gasteiger partial charge >= 0.3 is 6.09 Å². The topological polar surface area (TPSA) is 109 Å². The summed E-state index contributed by atoms with van der Waals surface area (Å²) >= 11 is 0. The van der Waals surface area contributed by atoms with Crippen LogP contribution in [-0.2, 0) is 4.74 Å². The Labute approximate surface area is 224 Å². The smallest absolute Gasteiger partial charge is 0.417 e. The standard InChI is InChI=1S/C29H26N4O6/c1-15-8-19(26-21(9-15)32-24(35-5)13-31-26)22-11-20-27(38-22)16(2)10-23-28(20)36-14-25(37-23)39-29(34)33(4)18-7-6-17(3)30-12-18/h6-13,25H,14H2,1-5H3/t25-/m1/s1. The Morgan fingerprint density at radius 3 is 2.69 bits per heavy atom. The van der Waals surface area contributed by atoms with Crippen LogP contribution in [0, 0.1) is 20.8 Å². The molecule has 0 bridgehead atoms. The first-order valence-corrected chi connectivity index (χ1v) is 12.4. The molecule has 0 N–H and O–H groups in total. The van der Waals surface area contributed by atoms with Crippen molar-refractivity contribution in [3.63, 3.8) is 0 Å². The van der Waals surface area contributed by atoms with Crippen LogP contribution >= 0.6 is 0 Å². The lowest BCUT2D eigenvalue weighted by atomic mass is 10.1. The highest BCUT2D eigenvalue weighted by atomic mass is 16.7. The van der Waals surface area contributed by atoms with Gasteiger partial charge in [0.15, 0.2) is 18.1 Å². The van der Waals surface area contributed by atoms with Crippen molar-refractivity contribution in [1.82, 2.24) is 15.0 Å². The number of fused-ring (bicyclic) bond motifs is 4. The predicted molar refractivity (Wildman–Crippen MR) is 145 cm³/mol. The van der Waals surface area contributed by atoms with Gasteiger partial charge in [-0.3, -0.25) is 9.88 Å². The molecule has 1 aliphatic heterocycles. The molecule has 0 saturated heterocycles. The summed E-state index contributed by atoms with van der Waals surface area (Å²) in [5, 5.41) is 0.753. The number of aromatic nitrogens is 3. The molecule has 10 heteroatoms. The summed E-state index contributed by atoms with van der Waals surface area (Å²) in [6, 6.07) is 11.3. The molecule has 198 valence electrons. The number of ether oxygens (including phenoxy) is 4. The maximum Gasteiger partial charge on any atom is 0.417 e. The van der Waals surface area contributed by atoms with Gasteiger partial charge in [-0.2, -0.15) is 0 Å². The van der Waals surface area contributed by atoms with Gasteiger partial charge in [-0.05, 0) is 68.3 Å². The minimum absolute atomic E-state index is 0.0239. The highest BCUT2D eigenvalue weighted by Crippen LogP contribution is 2.44. The number of rotatable bonds is 4. The van der Waals surface area contributed by atoms with Crippen LogP contribution in [0.3, 0.4) is 0 Å². The van der Waals surface area contributed by atoms with Crippen molar-refractivity contribution in [2.45, 2.75) is 27.1 Å². The van der Waals surface area contributed by atoms with E-state index >= 15 is 0 Å². The zero-order valence-corrected chi connectivity index (χ0v) is 22.1. The van der Waals surface area contributed by atoms with Crippen LogP contribution in [0.4, 0.5) is 10.5 Å². The summed E-state index contributed by atoms with van der Waals surface area (Å²) in [7, 11) is 3.17. The second-order valence-corrected chi connectivity index (χ2v) is 9.43. The van der Waals surface area contributed by atoms with E-state index in [4.69, 9.17) is 23.4 Å². The molecule has 0 radical (unpaired) electrons. The summed E-state index contributed by atoms with van der Waals surface area (Å²) in [5.74, 6) is 2.06. The summed E-state index contributed by atoms with van der Waals surface area (Å²) < 4.78 is 29.2. The number of carbonyl (C=O) groups excluding carboxylic acids is 1. The molecule has 1 aliphatic rings. The lowest BCUT2D eigenvalue weighted by molar-refractivity contribution is -0.0718. The van der Waals surface area contributed by atoms with Crippen molar-refractivity contribution in [3.05, 3.63) is 65.6 Å². The molecule has 2 aromatic carbocycles. The fraction of sp³-hybridized carbons (Fsp3) is 0.241. The van der Waals surface area contributed by atoms with Crippen LogP contribution in [0.1, 0.15) is 16.8 Å². The number of hydrogen-bond donors (Lipinski definition) is 0. The van der Waals surface area contributed by atoms with E-state index in [1.165, 1.54) is 4.90 Å². The quantitative estimate of drug-likeness (QED) is 0.289. The Kier molecular flexibility index (Phi) is 5.94. The number of carbonyl (C=O) groups is 1. The fourth-order valence-corrected chi connectivity index (χ4v) is 4.56. The van der Waals surface area contributed by atoms with Crippen molar-refractivity contribution in [2.24, 2.45) is 0 Å². The van der Waals surface area contributed by atoms with Crippen molar-refractivity contribution in [2.75, 3.05) is 25.7 Å². The van der Waals surface area contributed by atoms with Gasteiger partial charge in [-0.25, -0.2) is 14.8 Å². The summed E-state index contributed by atoms with van der Waals surface area (Å²) in [6.07, 6.45) is 1.70. The number of amides is 1. The fourth-order valence-electron chi connectivity index (χ4n) is 4.56. The molecule has 39 heavy (non-hydrogen) atoms. The summed E-state index contributed by atoms with van der Waals surface area (Å²) in [6.45, 7) is 5.82. The Hall–Kier alpha value is -4.86. The van der Waals surface area contributed by atoms with Crippen LogP contribution in [0.2, 0.25) is 0 Å². The second kappa shape index (κ2) is 9.46. The molecular weight excluding hydrogens is 500 g/mol. The number of aryl methyl sites for hydroxylation is 3. The van der Waals surface area contributed by atoms with Crippen LogP contribution in [0.25, 0.3) is 33.3 Å². The van der Waals surface area contributed by atoms with Gasteiger partial charge in [0.25, 0.3) is 6.29 Å². The Balaban J connectivity index is 1.30. The Morgan fingerprint density at radius 2 is 1.92 bits per heavy atom. The minimum atomic E-state index is -0.917. The van der Waals surface area contributed by atoms with Gasteiger partial charge in [0.05, 0.1) is 41.6 Å². The molecule has 4 heterocycles. The molecule has 3 aromatic heterocycles. The average Bonchev–Trinajstić information content (AvgIpc) is 3.38. The van der Waals surface area contributed by atoms with Gasteiger partial charge < -0.3 is 23.4 Å². The van der Waals surface area contributed by atoms with Gasteiger partial charge in [0.1, 0.15) is 11.3 Å². The number of nitrogens with zero attached hydrogens (tertiary/aromatic N) is 4. The SMILES string of the molecule is COc1cnc2c(-c3cc4c5c(cc(C)c4o3)O[C@H](OC(=O)N(C)c3ccc(C)nc3)CO5)cc(C)cc2n1. The van der Waals surface area contributed by atoms with Crippen LogP contribution in [0.5, 0.6) is 17.4 Å². The molecule has 0 fully saturated rings. The molecule has 6 rings (SSSR count). The van der Waals surface area contributed by atoms with E-state index in [1.54, 1.807) is 32.6 Å². The van der Waals surface area contributed by atoms with Crippen LogP contribution in [0.15, 0.2) is 53.2 Å². The number of pyridine rings is 1. The maximum atomic E-state index is 12.7. The van der Waals surface area contributed by atoms with E-state index in [9.17, 15) is 4.79 Å². The number of anilines is 1. The zero-order valence-electron chi connectivity index (χ0n) is 22.1. The van der Waals surface area contributed by atoms with Crippen molar-refractivity contribution in [3.8, 4) is 28.7 Å². The molecule has 0 aliphatic carbocycles. The molecule has 0 spiro atoms. The number of hydrogen-bond acceptors (Lipinski definition) is 9. The predicted octanol–water partition coefficient (Wildman–Crippen LogP) is 5.74. The normalized spacial score (nSPS) is 14.4. The highest BCUT2D eigenvalue weighted by Gasteiger charge is 2.29. The summed E-state index contributed by atoms with van der Waals surface area (Å²) in [4.78, 5) is 27.4. The van der Waals surface area contributed by atoms with E-state index in [0.717, 1.165) is 27.8 Å². The Morgan fingerprint density at radius 1 is 1.08 bits per heavy atom. The molecule has 1 atom stereocenters. The minimum Gasteiger partial charge on any atom is -0.481 e. The van der Waals surface area contributed by atoms with Crippen molar-refractivity contribution in [1.29, 1.82) is 0 Å². The van der Waals surface area contributed by atoms with Gasteiger partial charge in [-0.1, -0.05) is 0 Å². The number of benzene rings is 2. The molecule has 0 saturated carbocycles. The van der Waals surface area contributed by atoms with Crippen LogP contribution in [-0.4, -0.2) is 48.1 Å². The number of furan rings is 1. The summed E-state index contributed by atoms with van der Waals surface area (Å²) in [5.41, 5.74) is 6.20. The van der Waals surface area contributed by atoms with E-state index in [-0.39, 0.29) is 6.61 Å². The van der Waals surface area contributed by atoms with Gasteiger partial charge in [-0.15, -0.1) is 0 Å². The molecule has 0 unspecified atom stereocenters. The maximum absolute atomic E-state index is 12.7. The first kappa shape index (κ1) is 24.5. The van der Waals surface area contributed by atoms with E-state index in [1.807, 2.05) is 51.1 Å². The lowest BCUT2D eigenvalue weighted by Gasteiger charge is -2.28. The van der Waals surface area contributed by atoms with E-state index in [2.05, 4.69) is 15.0 Å². The Bertz CT molecular complexity index is 1730. The largest absolute Gasteiger partial charge is 0.481 e. The first-order valence-electron chi connectivity index (χ1n) is 12.4. The van der Waals surface area contributed by atoms with Crippen molar-refractivity contribution < 1.29 is 28.2 Å². The molecular formula is C29H26N4O6. The third-order valence-corrected chi connectivity index (χ3v) is 6.56. The molecule has 5 aromatic rings. The van der Waals surface area contributed by atoms with E-state index < -0.39 is 12.4 Å².